The minimum absolute atomic E-state index is 0.0585. The first-order valence-corrected chi connectivity index (χ1v) is 6.53. The lowest BCUT2D eigenvalue weighted by Gasteiger charge is -2.39. The third-order valence-corrected chi connectivity index (χ3v) is 3.45. The summed E-state index contributed by atoms with van der Waals surface area (Å²) in [5, 5.41) is 31.7. The average molecular weight is 281 g/mol. The molecule has 20 heavy (non-hydrogen) atoms. The quantitative estimate of drug-likeness (QED) is 0.586. The highest BCUT2D eigenvalue weighted by Crippen LogP contribution is 2.20. The molecule has 5 atom stereocenters. The third-order valence-electron chi connectivity index (χ3n) is 3.45. The average Bonchev–Trinajstić information content (AvgIpc) is 2.48. The van der Waals surface area contributed by atoms with Crippen LogP contribution < -0.4 is 5.32 Å². The summed E-state index contributed by atoms with van der Waals surface area (Å²) >= 11 is 0. The SMILES string of the molecule is C[C@@H]1O[C@H](CNC(=O)c2ccccc2)C(O)C(O)[C@@H]1O. The minimum atomic E-state index is -1.28. The van der Waals surface area contributed by atoms with E-state index in [0.29, 0.717) is 5.56 Å². The summed E-state index contributed by atoms with van der Waals surface area (Å²) < 4.78 is 5.39. The van der Waals surface area contributed by atoms with Crippen LogP contribution in [0.25, 0.3) is 0 Å². The summed E-state index contributed by atoms with van der Waals surface area (Å²) in [6, 6.07) is 8.67. The highest BCUT2D eigenvalue weighted by atomic mass is 16.5. The Hall–Kier alpha value is -1.47. The van der Waals surface area contributed by atoms with Gasteiger partial charge >= 0.3 is 0 Å². The maximum atomic E-state index is 11.9. The third kappa shape index (κ3) is 3.16. The van der Waals surface area contributed by atoms with Crippen LogP contribution in [0.1, 0.15) is 17.3 Å². The van der Waals surface area contributed by atoms with E-state index in [-0.39, 0.29) is 12.5 Å². The predicted octanol–water partition coefficient (Wildman–Crippen LogP) is -0.714. The van der Waals surface area contributed by atoms with Crippen molar-refractivity contribution in [1.29, 1.82) is 0 Å². The Morgan fingerprint density at radius 2 is 1.80 bits per heavy atom. The van der Waals surface area contributed by atoms with Crippen LogP contribution in [0.3, 0.4) is 0 Å². The smallest absolute Gasteiger partial charge is 0.251 e. The van der Waals surface area contributed by atoms with E-state index in [1.165, 1.54) is 0 Å². The molecule has 1 aliphatic rings. The maximum Gasteiger partial charge on any atom is 0.251 e. The lowest BCUT2D eigenvalue weighted by atomic mass is 9.95. The Bertz CT molecular complexity index is 452. The Balaban J connectivity index is 1.92. The number of rotatable bonds is 3. The van der Waals surface area contributed by atoms with Gasteiger partial charge in [0.15, 0.2) is 0 Å². The molecule has 110 valence electrons. The van der Waals surface area contributed by atoms with Crippen molar-refractivity contribution in [3.8, 4) is 0 Å². The molecule has 1 fully saturated rings. The summed E-state index contributed by atoms with van der Waals surface area (Å²) in [4.78, 5) is 11.9. The molecule has 1 aliphatic heterocycles. The summed E-state index contributed by atoms with van der Waals surface area (Å²) in [5.41, 5.74) is 0.506. The van der Waals surface area contributed by atoms with Gasteiger partial charge < -0.3 is 25.4 Å². The lowest BCUT2D eigenvalue weighted by Crippen LogP contribution is -2.59. The second kappa shape index (κ2) is 6.32. The van der Waals surface area contributed by atoms with Crippen LogP contribution in [-0.4, -0.2) is 58.3 Å². The Morgan fingerprint density at radius 1 is 1.15 bits per heavy atom. The van der Waals surface area contributed by atoms with Gasteiger partial charge in [-0.1, -0.05) is 18.2 Å². The molecule has 1 aromatic carbocycles. The van der Waals surface area contributed by atoms with Gasteiger partial charge in [-0.05, 0) is 19.1 Å². The fourth-order valence-corrected chi connectivity index (χ4v) is 2.19. The number of hydrogen-bond donors (Lipinski definition) is 4. The number of carbonyl (C=O) groups is 1. The van der Waals surface area contributed by atoms with Gasteiger partial charge in [0.1, 0.15) is 24.4 Å². The van der Waals surface area contributed by atoms with Crippen LogP contribution >= 0.6 is 0 Å². The van der Waals surface area contributed by atoms with E-state index in [0.717, 1.165) is 0 Å². The summed E-state index contributed by atoms with van der Waals surface area (Å²) in [6.45, 7) is 1.66. The van der Waals surface area contributed by atoms with Crippen LogP contribution in [0, 0.1) is 0 Å². The van der Waals surface area contributed by atoms with Gasteiger partial charge in [-0.2, -0.15) is 0 Å². The molecule has 6 heteroatoms. The first-order chi connectivity index (χ1) is 9.50. The van der Waals surface area contributed by atoms with Crippen molar-refractivity contribution in [2.24, 2.45) is 0 Å². The van der Waals surface area contributed by atoms with Gasteiger partial charge in [0.25, 0.3) is 5.91 Å². The van der Waals surface area contributed by atoms with Crippen LogP contribution in [0.15, 0.2) is 30.3 Å². The van der Waals surface area contributed by atoms with E-state index in [2.05, 4.69) is 5.32 Å². The first kappa shape index (κ1) is 14.9. The van der Waals surface area contributed by atoms with Crippen molar-refractivity contribution in [3.05, 3.63) is 35.9 Å². The van der Waals surface area contributed by atoms with E-state index >= 15 is 0 Å². The Labute approximate surface area is 117 Å². The first-order valence-electron chi connectivity index (χ1n) is 6.53. The second-order valence-corrected chi connectivity index (χ2v) is 4.93. The molecule has 0 radical (unpaired) electrons. The lowest BCUT2D eigenvalue weighted by molar-refractivity contribution is -0.214. The maximum absolute atomic E-state index is 11.9. The Kier molecular flexibility index (Phi) is 4.72. The van der Waals surface area contributed by atoms with Gasteiger partial charge in [0.2, 0.25) is 0 Å². The minimum Gasteiger partial charge on any atom is -0.388 e. The molecule has 2 rings (SSSR count). The second-order valence-electron chi connectivity index (χ2n) is 4.93. The molecular formula is C14H19NO5. The highest BCUT2D eigenvalue weighted by Gasteiger charge is 2.41. The van der Waals surface area contributed by atoms with Crippen LogP contribution in [-0.2, 0) is 4.74 Å². The normalized spacial score (nSPS) is 33.7. The molecular weight excluding hydrogens is 262 g/mol. The molecule has 4 N–H and O–H groups in total. The van der Waals surface area contributed by atoms with E-state index < -0.39 is 30.5 Å². The zero-order valence-electron chi connectivity index (χ0n) is 11.1. The van der Waals surface area contributed by atoms with Crippen molar-refractivity contribution >= 4 is 5.91 Å². The van der Waals surface area contributed by atoms with Crippen molar-refractivity contribution in [1.82, 2.24) is 5.32 Å². The number of aliphatic hydroxyl groups excluding tert-OH is 3. The van der Waals surface area contributed by atoms with Crippen molar-refractivity contribution in [2.75, 3.05) is 6.54 Å². The van der Waals surface area contributed by atoms with Crippen molar-refractivity contribution in [2.45, 2.75) is 37.4 Å². The van der Waals surface area contributed by atoms with Gasteiger partial charge in [-0.25, -0.2) is 0 Å². The van der Waals surface area contributed by atoms with Crippen LogP contribution in [0.2, 0.25) is 0 Å². The van der Waals surface area contributed by atoms with Crippen molar-refractivity contribution in [3.63, 3.8) is 0 Å². The highest BCUT2D eigenvalue weighted by molar-refractivity contribution is 5.94. The van der Waals surface area contributed by atoms with Gasteiger partial charge in [0, 0.05) is 12.1 Å². The van der Waals surface area contributed by atoms with E-state index in [1.807, 2.05) is 6.07 Å². The van der Waals surface area contributed by atoms with E-state index in [4.69, 9.17) is 4.74 Å². The summed E-state index contributed by atoms with van der Waals surface area (Å²) in [7, 11) is 0. The van der Waals surface area contributed by atoms with Gasteiger partial charge in [-0.3, -0.25) is 4.79 Å². The number of carbonyl (C=O) groups excluding carboxylic acids is 1. The fraction of sp³-hybridized carbons (Fsp3) is 0.500. The molecule has 0 aromatic heterocycles. The number of nitrogens with one attached hydrogen (secondary N) is 1. The molecule has 1 amide bonds. The van der Waals surface area contributed by atoms with Crippen molar-refractivity contribution < 1.29 is 24.9 Å². The molecule has 6 nitrogen and oxygen atoms in total. The molecule has 0 spiro atoms. The number of benzene rings is 1. The number of ether oxygens (including phenoxy) is 1. The molecule has 0 aliphatic carbocycles. The van der Waals surface area contributed by atoms with Crippen LogP contribution in [0.5, 0.6) is 0 Å². The zero-order valence-corrected chi connectivity index (χ0v) is 11.1. The molecule has 1 saturated heterocycles. The monoisotopic (exact) mass is 281 g/mol. The molecule has 0 saturated carbocycles. The zero-order chi connectivity index (χ0) is 14.7. The Morgan fingerprint density at radius 3 is 2.45 bits per heavy atom. The topological polar surface area (TPSA) is 99.0 Å². The summed E-state index contributed by atoms with van der Waals surface area (Å²) in [6.07, 6.45) is -5.01. The molecule has 2 unspecified atom stereocenters. The summed E-state index contributed by atoms with van der Waals surface area (Å²) in [5.74, 6) is -0.283. The molecule has 1 heterocycles. The number of amides is 1. The largest absolute Gasteiger partial charge is 0.388 e. The predicted molar refractivity (Wildman–Crippen MR) is 71.1 cm³/mol. The van der Waals surface area contributed by atoms with E-state index in [9.17, 15) is 20.1 Å². The standard InChI is InChI=1S/C14H19NO5/c1-8-11(16)13(18)12(17)10(20-8)7-15-14(19)9-5-3-2-4-6-9/h2-6,8,10-13,16-18H,7H2,1H3,(H,15,19)/t8-,10+,11+,12?,13?/m0/s1. The molecule has 0 bridgehead atoms. The van der Waals surface area contributed by atoms with Gasteiger partial charge in [-0.15, -0.1) is 0 Å². The number of hydrogen-bond acceptors (Lipinski definition) is 5. The van der Waals surface area contributed by atoms with Gasteiger partial charge in [0.05, 0.1) is 6.10 Å². The number of aliphatic hydroxyl groups is 3. The van der Waals surface area contributed by atoms with E-state index in [1.54, 1.807) is 31.2 Å². The van der Waals surface area contributed by atoms with Crippen LogP contribution in [0.4, 0.5) is 0 Å². The molecule has 1 aromatic rings. The fourth-order valence-electron chi connectivity index (χ4n) is 2.19.